The Bertz CT molecular complexity index is 128. The highest BCUT2D eigenvalue weighted by Crippen LogP contribution is 2.34. The smallest absolute Gasteiger partial charge is 0.192 e. The molecule has 2 heteroatoms. The largest absolute Gasteiger partial charge is 0.420 e. The van der Waals surface area contributed by atoms with Gasteiger partial charge >= 0.3 is 0 Å². The summed E-state index contributed by atoms with van der Waals surface area (Å²) in [4.78, 5) is 0. The summed E-state index contributed by atoms with van der Waals surface area (Å²) < 4.78 is 5.83. The topological polar surface area (TPSA) is 9.23 Å². The molecule has 0 aromatic rings. The van der Waals surface area contributed by atoms with Gasteiger partial charge in [-0.1, -0.05) is 33.1 Å². The normalized spacial score (nSPS) is 23.0. The van der Waals surface area contributed by atoms with E-state index in [1.54, 1.807) is 0 Å². The average molecular weight is 186 g/mol. The molecule has 0 aromatic heterocycles. The molecular weight excluding hydrogens is 164 g/mol. The molecule has 12 heavy (non-hydrogen) atoms. The summed E-state index contributed by atoms with van der Waals surface area (Å²) in [6, 6.07) is 4.22. The molecular formula is C10H22OSi. The van der Waals surface area contributed by atoms with Gasteiger partial charge in [-0.05, 0) is 24.1 Å². The molecule has 1 aliphatic heterocycles. The second-order valence-corrected chi connectivity index (χ2v) is 8.73. The quantitative estimate of drug-likeness (QED) is 0.614. The number of rotatable bonds is 3. The van der Waals surface area contributed by atoms with Crippen LogP contribution < -0.4 is 0 Å². The van der Waals surface area contributed by atoms with E-state index >= 15 is 0 Å². The predicted molar refractivity (Wildman–Crippen MR) is 55.9 cm³/mol. The molecule has 0 spiro atoms. The molecule has 1 rings (SSSR count). The van der Waals surface area contributed by atoms with Crippen LogP contribution >= 0.6 is 0 Å². The minimum Gasteiger partial charge on any atom is -0.420 e. The summed E-state index contributed by atoms with van der Waals surface area (Å²) in [5.41, 5.74) is 0. The third-order valence-corrected chi connectivity index (χ3v) is 7.93. The first-order valence-corrected chi connectivity index (χ1v) is 7.77. The van der Waals surface area contributed by atoms with E-state index in [0.717, 1.165) is 5.92 Å². The molecule has 0 amide bonds. The van der Waals surface area contributed by atoms with Gasteiger partial charge < -0.3 is 4.43 Å². The first kappa shape index (κ1) is 10.3. The Morgan fingerprint density at radius 2 is 1.75 bits per heavy atom. The van der Waals surface area contributed by atoms with E-state index in [1.165, 1.54) is 37.4 Å². The van der Waals surface area contributed by atoms with E-state index in [9.17, 15) is 0 Å². The minimum absolute atomic E-state index is 0.828. The highest BCUT2D eigenvalue weighted by Gasteiger charge is 2.35. The van der Waals surface area contributed by atoms with Crippen LogP contribution in [0.5, 0.6) is 0 Å². The van der Waals surface area contributed by atoms with Crippen molar-refractivity contribution >= 4 is 8.32 Å². The van der Waals surface area contributed by atoms with Gasteiger partial charge in [0.25, 0.3) is 0 Å². The van der Waals surface area contributed by atoms with Gasteiger partial charge in [0.2, 0.25) is 0 Å². The van der Waals surface area contributed by atoms with Gasteiger partial charge in [0.05, 0.1) is 0 Å². The molecule has 0 bridgehead atoms. The molecule has 0 radical (unpaired) electrons. The first-order chi connectivity index (χ1) is 5.68. The monoisotopic (exact) mass is 186 g/mol. The van der Waals surface area contributed by atoms with Crippen LogP contribution in [-0.4, -0.2) is 15.4 Å². The van der Waals surface area contributed by atoms with Crippen molar-refractivity contribution in [1.29, 1.82) is 0 Å². The van der Waals surface area contributed by atoms with Crippen molar-refractivity contribution in [3.8, 4) is 0 Å². The van der Waals surface area contributed by atoms with E-state index in [4.69, 9.17) is 4.43 Å². The van der Waals surface area contributed by atoms with Crippen molar-refractivity contribution in [2.24, 2.45) is 5.92 Å². The standard InChI is InChI=1S/C10H22OSi/c1-10(2)9-12(11-3)7-5-4-6-8-12/h10H,4-9H2,1-3H3. The van der Waals surface area contributed by atoms with E-state index < -0.39 is 8.32 Å². The highest BCUT2D eigenvalue weighted by atomic mass is 28.4. The Morgan fingerprint density at radius 3 is 2.17 bits per heavy atom. The Hall–Kier alpha value is 0.177. The number of hydrogen-bond donors (Lipinski definition) is 0. The van der Waals surface area contributed by atoms with E-state index in [2.05, 4.69) is 13.8 Å². The molecule has 0 aliphatic carbocycles. The van der Waals surface area contributed by atoms with Crippen LogP contribution in [0.3, 0.4) is 0 Å². The maximum Gasteiger partial charge on any atom is 0.192 e. The lowest BCUT2D eigenvalue weighted by molar-refractivity contribution is 0.368. The van der Waals surface area contributed by atoms with Crippen molar-refractivity contribution in [2.75, 3.05) is 7.11 Å². The zero-order valence-corrected chi connectivity index (χ0v) is 9.73. The van der Waals surface area contributed by atoms with Gasteiger partial charge in [-0.25, -0.2) is 0 Å². The molecule has 0 N–H and O–H groups in total. The van der Waals surface area contributed by atoms with Gasteiger partial charge in [0.15, 0.2) is 8.32 Å². The van der Waals surface area contributed by atoms with Gasteiger partial charge in [-0.2, -0.15) is 0 Å². The number of hydrogen-bond acceptors (Lipinski definition) is 1. The molecule has 1 aliphatic rings. The van der Waals surface area contributed by atoms with E-state index in [0.29, 0.717) is 0 Å². The summed E-state index contributed by atoms with van der Waals surface area (Å²) in [6.07, 6.45) is 4.29. The summed E-state index contributed by atoms with van der Waals surface area (Å²) in [5, 5.41) is 0. The van der Waals surface area contributed by atoms with Crippen LogP contribution in [0, 0.1) is 5.92 Å². The van der Waals surface area contributed by atoms with Crippen molar-refractivity contribution < 1.29 is 4.43 Å². The van der Waals surface area contributed by atoms with Gasteiger partial charge in [-0.3, -0.25) is 0 Å². The van der Waals surface area contributed by atoms with Crippen LogP contribution in [-0.2, 0) is 4.43 Å². The van der Waals surface area contributed by atoms with Crippen LogP contribution in [0.4, 0.5) is 0 Å². The van der Waals surface area contributed by atoms with Gasteiger partial charge in [-0.15, -0.1) is 0 Å². The van der Waals surface area contributed by atoms with Crippen LogP contribution in [0.1, 0.15) is 33.1 Å². The fourth-order valence-corrected chi connectivity index (χ4v) is 6.94. The molecule has 0 atom stereocenters. The maximum absolute atomic E-state index is 5.83. The fraction of sp³-hybridized carbons (Fsp3) is 1.00. The Kier molecular flexibility index (Phi) is 3.78. The third kappa shape index (κ3) is 2.59. The van der Waals surface area contributed by atoms with Crippen LogP contribution in [0.2, 0.25) is 18.1 Å². The lowest BCUT2D eigenvalue weighted by atomic mass is 10.2. The SMILES string of the molecule is CO[Si]1(CC(C)C)CCCCC1. The summed E-state index contributed by atoms with van der Waals surface area (Å²) >= 11 is 0. The molecule has 0 saturated carbocycles. The zero-order valence-electron chi connectivity index (χ0n) is 8.73. The maximum atomic E-state index is 5.83. The molecule has 1 heterocycles. The molecule has 72 valence electrons. The van der Waals surface area contributed by atoms with Gasteiger partial charge in [0, 0.05) is 7.11 Å². The van der Waals surface area contributed by atoms with E-state index in [-0.39, 0.29) is 0 Å². The minimum atomic E-state index is -1.22. The molecule has 0 unspecified atom stereocenters. The lowest BCUT2D eigenvalue weighted by Gasteiger charge is -2.34. The van der Waals surface area contributed by atoms with Crippen LogP contribution in [0.15, 0.2) is 0 Å². The molecule has 1 nitrogen and oxygen atoms in total. The Labute approximate surface area is 77.6 Å². The molecule has 1 fully saturated rings. The van der Waals surface area contributed by atoms with Crippen molar-refractivity contribution in [1.82, 2.24) is 0 Å². The average Bonchev–Trinajstić information content (AvgIpc) is 2.05. The Morgan fingerprint density at radius 1 is 1.17 bits per heavy atom. The molecule has 0 aromatic carbocycles. The summed E-state index contributed by atoms with van der Waals surface area (Å²) in [5.74, 6) is 0.828. The third-order valence-electron chi connectivity index (χ3n) is 2.98. The van der Waals surface area contributed by atoms with Gasteiger partial charge in [0.1, 0.15) is 0 Å². The van der Waals surface area contributed by atoms with E-state index in [1.807, 2.05) is 7.11 Å². The van der Waals surface area contributed by atoms with Crippen molar-refractivity contribution in [3.63, 3.8) is 0 Å². The highest BCUT2D eigenvalue weighted by molar-refractivity contribution is 6.74. The second kappa shape index (κ2) is 4.42. The summed E-state index contributed by atoms with van der Waals surface area (Å²) in [6.45, 7) is 4.64. The van der Waals surface area contributed by atoms with Crippen molar-refractivity contribution in [3.05, 3.63) is 0 Å². The fourth-order valence-electron chi connectivity index (χ4n) is 2.43. The zero-order chi connectivity index (χ0) is 9.03. The summed E-state index contributed by atoms with van der Waals surface area (Å²) in [7, 11) is 0.725. The van der Waals surface area contributed by atoms with Crippen molar-refractivity contribution in [2.45, 2.75) is 51.2 Å². The van der Waals surface area contributed by atoms with Crippen LogP contribution in [0.25, 0.3) is 0 Å². The lowest BCUT2D eigenvalue weighted by Crippen LogP contribution is -2.40. The molecule has 1 saturated heterocycles. The Balaban J connectivity index is 2.48. The predicted octanol–water partition coefficient (Wildman–Crippen LogP) is 3.42. The second-order valence-electron chi connectivity index (χ2n) is 4.55. The first-order valence-electron chi connectivity index (χ1n) is 5.24.